The van der Waals surface area contributed by atoms with Gasteiger partial charge in [0.1, 0.15) is 0 Å². The van der Waals surface area contributed by atoms with Gasteiger partial charge in [0.05, 0.1) is 11.9 Å². The van der Waals surface area contributed by atoms with Crippen molar-refractivity contribution in [2.24, 2.45) is 0 Å². The number of carboxylic acids is 1. The van der Waals surface area contributed by atoms with Gasteiger partial charge in [-0.05, 0) is 12.5 Å². The molecule has 0 saturated heterocycles. The molecule has 0 saturated carbocycles. The van der Waals surface area contributed by atoms with Gasteiger partial charge in [-0.15, -0.1) is 0 Å². The van der Waals surface area contributed by atoms with Gasteiger partial charge in [-0.3, -0.25) is 4.79 Å². The van der Waals surface area contributed by atoms with Gasteiger partial charge in [0.2, 0.25) is 5.88 Å². The standard InChI is InChI=1S/C11H13F2N3O4/c12-10(13)20-8-4-3-7(6-15-8)16-11(19)14-5-1-2-9(17)18/h3-4,6,10H,1-2,5H2,(H,17,18)(H2,14,16,19). The number of rotatable bonds is 7. The molecule has 9 heteroatoms. The summed E-state index contributed by atoms with van der Waals surface area (Å²) in [6.07, 6.45) is 1.43. The Morgan fingerprint density at radius 1 is 1.40 bits per heavy atom. The lowest BCUT2D eigenvalue weighted by atomic mass is 10.3. The number of amides is 2. The van der Waals surface area contributed by atoms with Gasteiger partial charge in [0.25, 0.3) is 0 Å². The molecule has 0 aliphatic heterocycles. The third-order valence-electron chi connectivity index (χ3n) is 2.06. The van der Waals surface area contributed by atoms with Crippen LogP contribution >= 0.6 is 0 Å². The van der Waals surface area contributed by atoms with Gasteiger partial charge in [0.15, 0.2) is 0 Å². The van der Waals surface area contributed by atoms with Crippen LogP contribution in [0.1, 0.15) is 12.8 Å². The number of carboxylic acid groups (broad SMARTS) is 1. The molecule has 0 aliphatic carbocycles. The fraction of sp³-hybridized carbons (Fsp3) is 0.364. The summed E-state index contributed by atoms with van der Waals surface area (Å²) >= 11 is 0. The van der Waals surface area contributed by atoms with E-state index in [9.17, 15) is 18.4 Å². The second-order valence-corrected chi connectivity index (χ2v) is 3.64. The fourth-order valence-corrected chi connectivity index (χ4v) is 1.23. The van der Waals surface area contributed by atoms with Crippen LogP contribution in [0.5, 0.6) is 5.88 Å². The van der Waals surface area contributed by atoms with Crippen LogP contribution in [0.25, 0.3) is 0 Å². The highest BCUT2D eigenvalue weighted by Gasteiger charge is 2.06. The maximum atomic E-state index is 11.9. The number of pyridine rings is 1. The summed E-state index contributed by atoms with van der Waals surface area (Å²) in [5.74, 6) is -1.20. The van der Waals surface area contributed by atoms with Crippen molar-refractivity contribution >= 4 is 17.7 Å². The minimum atomic E-state index is -2.96. The maximum absolute atomic E-state index is 11.9. The molecule has 1 aromatic heterocycles. The van der Waals surface area contributed by atoms with E-state index in [4.69, 9.17) is 5.11 Å². The molecule has 0 radical (unpaired) electrons. The average molecular weight is 289 g/mol. The molecule has 0 atom stereocenters. The van der Waals surface area contributed by atoms with Crippen molar-refractivity contribution in [1.29, 1.82) is 0 Å². The Labute approximate surface area is 113 Å². The fourth-order valence-electron chi connectivity index (χ4n) is 1.23. The summed E-state index contributed by atoms with van der Waals surface area (Å²) in [7, 11) is 0. The van der Waals surface area contributed by atoms with Crippen LogP contribution in [0, 0.1) is 0 Å². The van der Waals surface area contributed by atoms with E-state index in [-0.39, 0.29) is 18.8 Å². The van der Waals surface area contributed by atoms with E-state index < -0.39 is 18.6 Å². The van der Waals surface area contributed by atoms with Crippen molar-refractivity contribution in [3.63, 3.8) is 0 Å². The van der Waals surface area contributed by atoms with Crippen LogP contribution < -0.4 is 15.4 Å². The third kappa shape index (κ3) is 6.47. The molecule has 1 aromatic rings. The van der Waals surface area contributed by atoms with Gasteiger partial charge < -0.3 is 20.5 Å². The quantitative estimate of drug-likeness (QED) is 0.663. The number of hydrogen-bond acceptors (Lipinski definition) is 4. The number of nitrogens with one attached hydrogen (secondary N) is 2. The van der Waals surface area contributed by atoms with Crippen LogP contribution in [0.4, 0.5) is 19.3 Å². The molecule has 7 nitrogen and oxygen atoms in total. The van der Waals surface area contributed by atoms with Crippen molar-refractivity contribution in [2.75, 3.05) is 11.9 Å². The van der Waals surface area contributed by atoms with Crippen molar-refractivity contribution in [3.8, 4) is 5.88 Å². The number of aromatic nitrogens is 1. The first-order valence-corrected chi connectivity index (χ1v) is 5.65. The second-order valence-electron chi connectivity index (χ2n) is 3.64. The van der Waals surface area contributed by atoms with Crippen molar-refractivity contribution in [1.82, 2.24) is 10.3 Å². The van der Waals surface area contributed by atoms with Crippen molar-refractivity contribution < 1.29 is 28.2 Å². The molecular weight excluding hydrogens is 276 g/mol. The lowest BCUT2D eigenvalue weighted by molar-refractivity contribution is -0.137. The molecule has 0 unspecified atom stereocenters. The highest BCUT2D eigenvalue weighted by Crippen LogP contribution is 2.13. The zero-order chi connectivity index (χ0) is 15.0. The Hall–Kier alpha value is -2.45. The lowest BCUT2D eigenvalue weighted by Crippen LogP contribution is -2.29. The predicted molar refractivity (Wildman–Crippen MR) is 64.8 cm³/mol. The van der Waals surface area contributed by atoms with Crippen molar-refractivity contribution in [2.45, 2.75) is 19.5 Å². The first-order valence-electron chi connectivity index (χ1n) is 5.65. The molecule has 110 valence electrons. The molecule has 1 rings (SSSR count). The van der Waals surface area contributed by atoms with Gasteiger partial charge in [-0.2, -0.15) is 8.78 Å². The molecule has 0 aliphatic rings. The minimum absolute atomic E-state index is 0.0402. The number of anilines is 1. The molecular formula is C11H13F2N3O4. The normalized spacial score (nSPS) is 10.2. The molecule has 3 N–H and O–H groups in total. The summed E-state index contributed by atoms with van der Waals surface area (Å²) in [4.78, 5) is 25.2. The number of alkyl halides is 2. The Morgan fingerprint density at radius 2 is 2.15 bits per heavy atom. The van der Waals surface area contributed by atoms with Gasteiger partial charge >= 0.3 is 18.6 Å². The number of carbonyl (C=O) groups is 2. The topological polar surface area (TPSA) is 101 Å². The Kier molecular flexibility index (Phi) is 6.14. The van der Waals surface area contributed by atoms with Crippen LogP contribution in [0.2, 0.25) is 0 Å². The zero-order valence-corrected chi connectivity index (χ0v) is 10.3. The van der Waals surface area contributed by atoms with Gasteiger partial charge in [-0.1, -0.05) is 0 Å². The van der Waals surface area contributed by atoms with Crippen LogP contribution in [-0.4, -0.2) is 35.2 Å². The summed E-state index contributed by atoms with van der Waals surface area (Å²) in [5.41, 5.74) is 0.294. The number of carbonyl (C=O) groups excluding carboxylic acids is 1. The molecule has 0 spiro atoms. The molecule has 1 heterocycles. The van der Waals surface area contributed by atoms with Crippen LogP contribution in [0.15, 0.2) is 18.3 Å². The van der Waals surface area contributed by atoms with E-state index in [0.717, 1.165) is 6.20 Å². The Morgan fingerprint density at radius 3 is 2.70 bits per heavy atom. The van der Waals surface area contributed by atoms with Gasteiger partial charge in [0, 0.05) is 19.0 Å². The van der Waals surface area contributed by atoms with E-state index in [1.807, 2.05) is 0 Å². The number of ether oxygens (including phenoxy) is 1. The summed E-state index contributed by atoms with van der Waals surface area (Å²) in [5, 5.41) is 13.2. The summed E-state index contributed by atoms with van der Waals surface area (Å²) in [6.45, 7) is -2.75. The molecule has 0 fully saturated rings. The van der Waals surface area contributed by atoms with Crippen LogP contribution in [-0.2, 0) is 4.79 Å². The average Bonchev–Trinajstić information content (AvgIpc) is 2.36. The summed E-state index contributed by atoms with van der Waals surface area (Å²) < 4.78 is 27.8. The molecule has 20 heavy (non-hydrogen) atoms. The highest BCUT2D eigenvalue weighted by molar-refractivity contribution is 5.89. The van der Waals surface area contributed by atoms with Crippen LogP contribution in [0.3, 0.4) is 0 Å². The Balaban J connectivity index is 2.32. The van der Waals surface area contributed by atoms with Gasteiger partial charge in [-0.25, -0.2) is 9.78 Å². The summed E-state index contributed by atoms with van der Waals surface area (Å²) in [6, 6.07) is 1.99. The SMILES string of the molecule is O=C(O)CCCNC(=O)Nc1ccc(OC(F)F)nc1. The smallest absolute Gasteiger partial charge is 0.388 e. The number of aliphatic carboxylic acids is 1. The monoisotopic (exact) mass is 289 g/mol. The van der Waals surface area contributed by atoms with E-state index in [1.165, 1.54) is 12.1 Å². The first kappa shape index (κ1) is 15.6. The van der Waals surface area contributed by atoms with E-state index in [2.05, 4.69) is 20.4 Å². The van der Waals surface area contributed by atoms with E-state index in [1.54, 1.807) is 0 Å². The molecule has 2 amide bonds. The number of halogens is 2. The second kappa shape index (κ2) is 7.87. The first-order chi connectivity index (χ1) is 9.47. The zero-order valence-electron chi connectivity index (χ0n) is 10.3. The molecule has 0 bridgehead atoms. The lowest BCUT2D eigenvalue weighted by Gasteiger charge is -2.07. The predicted octanol–water partition coefficient (Wildman–Crippen LogP) is 1.67. The molecule has 0 aromatic carbocycles. The number of nitrogens with zero attached hydrogens (tertiary/aromatic N) is 1. The largest absolute Gasteiger partial charge is 0.481 e. The number of urea groups is 1. The highest BCUT2D eigenvalue weighted by atomic mass is 19.3. The third-order valence-corrected chi connectivity index (χ3v) is 2.06. The van der Waals surface area contributed by atoms with E-state index >= 15 is 0 Å². The Bertz CT molecular complexity index is 453. The number of hydrogen-bond donors (Lipinski definition) is 3. The van der Waals surface area contributed by atoms with Crippen molar-refractivity contribution in [3.05, 3.63) is 18.3 Å². The minimum Gasteiger partial charge on any atom is -0.481 e. The van der Waals surface area contributed by atoms with E-state index in [0.29, 0.717) is 12.1 Å². The maximum Gasteiger partial charge on any atom is 0.388 e.